The summed E-state index contributed by atoms with van der Waals surface area (Å²) in [5.74, 6) is 0. The largest absolute Gasteiger partial charge is 0.374 e. The fourth-order valence-electron chi connectivity index (χ4n) is 2.45. The molecule has 1 aliphatic rings. The zero-order valence-electron chi connectivity index (χ0n) is 12.1. The number of hydrogen-bond donors (Lipinski definition) is 2. The topological polar surface area (TPSA) is 86.3 Å². The second-order valence-electron chi connectivity index (χ2n) is 5.38. The van der Waals surface area contributed by atoms with Gasteiger partial charge in [-0.25, -0.2) is 13.1 Å². The van der Waals surface area contributed by atoms with Crippen molar-refractivity contribution in [3.05, 3.63) is 18.0 Å². The van der Waals surface area contributed by atoms with Crippen molar-refractivity contribution in [2.75, 3.05) is 13.2 Å². The van der Waals surface area contributed by atoms with E-state index in [1.165, 1.54) is 0 Å². The zero-order chi connectivity index (χ0) is 14.8. The molecular formula is C13H23N3O3S. The van der Waals surface area contributed by atoms with Gasteiger partial charge in [0, 0.05) is 38.1 Å². The summed E-state index contributed by atoms with van der Waals surface area (Å²) in [7, 11) is -3.51. The molecule has 1 unspecified atom stereocenters. The van der Waals surface area contributed by atoms with E-state index in [1.54, 1.807) is 12.3 Å². The molecule has 0 bridgehead atoms. The summed E-state index contributed by atoms with van der Waals surface area (Å²) in [5.41, 5.74) is 6.05. The summed E-state index contributed by atoms with van der Waals surface area (Å²) in [4.78, 5) is 0.265. The van der Waals surface area contributed by atoms with Gasteiger partial charge in [-0.1, -0.05) is 0 Å². The van der Waals surface area contributed by atoms with Crippen LogP contribution in [0.5, 0.6) is 0 Å². The molecule has 20 heavy (non-hydrogen) atoms. The predicted molar refractivity (Wildman–Crippen MR) is 76.8 cm³/mol. The number of aryl methyl sites for hydroxylation is 1. The molecule has 2 heterocycles. The average molecular weight is 301 g/mol. The number of nitrogens with one attached hydrogen (secondary N) is 1. The number of sulfonamides is 1. The van der Waals surface area contributed by atoms with Crippen LogP contribution in [0.1, 0.15) is 32.4 Å². The van der Waals surface area contributed by atoms with E-state index in [1.807, 2.05) is 18.4 Å². The summed E-state index contributed by atoms with van der Waals surface area (Å²) in [6, 6.07) is 1.63. The molecule has 2 rings (SSSR count). The van der Waals surface area contributed by atoms with E-state index in [0.29, 0.717) is 26.2 Å². The molecule has 6 nitrogen and oxygen atoms in total. The van der Waals surface area contributed by atoms with Gasteiger partial charge in [0.15, 0.2) is 0 Å². The first-order valence-electron chi connectivity index (χ1n) is 6.93. The van der Waals surface area contributed by atoms with E-state index in [0.717, 1.165) is 18.5 Å². The minimum absolute atomic E-state index is 0.265. The summed E-state index contributed by atoms with van der Waals surface area (Å²) < 4.78 is 34.7. The Kier molecular flexibility index (Phi) is 4.53. The quantitative estimate of drug-likeness (QED) is 0.814. The fourth-order valence-corrected chi connectivity index (χ4v) is 3.66. The minimum atomic E-state index is -3.51. The molecule has 1 aromatic rings. The number of rotatable bonds is 6. The number of ether oxygens (including phenoxy) is 1. The number of aromatic nitrogens is 1. The van der Waals surface area contributed by atoms with Gasteiger partial charge in [0.2, 0.25) is 10.0 Å². The van der Waals surface area contributed by atoms with E-state index in [4.69, 9.17) is 10.5 Å². The highest BCUT2D eigenvalue weighted by Crippen LogP contribution is 2.24. The Labute approximate surface area is 120 Å². The fraction of sp³-hybridized carbons (Fsp3) is 0.692. The molecule has 7 heteroatoms. The molecule has 0 spiro atoms. The van der Waals surface area contributed by atoms with Gasteiger partial charge in [0.1, 0.15) is 0 Å². The molecule has 1 aromatic heterocycles. The Bertz CT molecular complexity index is 538. The van der Waals surface area contributed by atoms with Crippen LogP contribution in [0.15, 0.2) is 17.2 Å². The lowest BCUT2D eigenvalue weighted by Crippen LogP contribution is -2.39. The molecule has 0 saturated carbocycles. The standard InChI is InChI=1S/C13H23N3O3S/c1-3-16-9-12(7-11(16)8-14)20(17,18)15-10-13(2)5-4-6-19-13/h7,9,15H,3-6,8,10,14H2,1-2H3. The summed E-state index contributed by atoms with van der Waals surface area (Å²) in [5, 5.41) is 0. The van der Waals surface area contributed by atoms with Gasteiger partial charge in [-0.2, -0.15) is 0 Å². The molecule has 0 aromatic carbocycles. The number of nitrogens with zero attached hydrogens (tertiary/aromatic N) is 1. The van der Waals surface area contributed by atoms with Gasteiger partial charge in [0.05, 0.1) is 10.5 Å². The van der Waals surface area contributed by atoms with Crippen LogP contribution in [0.25, 0.3) is 0 Å². The second kappa shape index (κ2) is 5.85. The summed E-state index contributed by atoms with van der Waals surface area (Å²) in [6.07, 6.45) is 3.48. The molecule has 114 valence electrons. The lowest BCUT2D eigenvalue weighted by Gasteiger charge is -2.23. The van der Waals surface area contributed by atoms with Gasteiger partial charge in [-0.05, 0) is 32.8 Å². The Morgan fingerprint density at radius 3 is 2.80 bits per heavy atom. The van der Waals surface area contributed by atoms with Crippen molar-refractivity contribution in [1.82, 2.24) is 9.29 Å². The Hall–Kier alpha value is -0.890. The van der Waals surface area contributed by atoms with E-state index in [2.05, 4.69) is 4.72 Å². The third kappa shape index (κ3) is 3.22. The first-order chi connectivity index (χ1) is 9.40. The molecule has 1 atom stereocenters. The predicted octanol–water partition coefficient (Wildman–Crippen LogP) is 0.814. The molecule has 0 radical (unpaired) electrons. The minimum Gasteiger partial charge on any atom is -0.374 e. The molecule has 1 fully saturated rings. The van der Waals surface area contributed by atoms with Gasteiger partial charge >= 0.3 is 0 Å². The normalized spacial score (nSPS) is 23.4. The van der Waals surface area contributed by atoms with Gasteiger partial charge < -0.3 is 15.0 Å². The molecule has 1 saturated heterocycles. The van der Waals surface area contributed by atoms with Crippen molar-refractivity contribution in [2.24, 2.45) is 5.73 Å². The van der Waals surface area contributed by atoms with Crippen LogP contribution < -0.4 is 10.5 Å². The highest BCUT2D eigenvalue weighted by Gasteiger charge is 2.31. The first-order valence-corrected chi connectivity index (χ1v) is 8.41. The van der Waals surface area contributed by atoms with Crippen molar-refractivity contribution in [1.29, 1.82) is 0 Å². The lowest BCUT2D eigenvalue weighted by atomic mass is 10.0. The smallest absolute Gasteiger partial charge is 0.242 e. The highest BCUT2D eigenvalue weighted by molar-refractivity contribution is 7.89. The van der Waals surface area contributed by atoms with Gasteiger partial charge in [0.25, 0.3) is 0 Å². The maximum absolute atomic E-state index is 12.3. The van der Waals surface area contributed by atoms with Gasteiger partial charge in [-0.15, -0.1) is 0 Å². The molecule has 0 aliphatic carbocycles. The molecule has 1 aliphatic heterocycles. The maximum Gasteiger partial charge on any atom is 0.242 e. The maximum atomic E-state index is 12.3. The highest BCUT2D eigenvalue weighted by atomic mass is 32.2. The lowest BCUT2D eigenvalue weighted by molar-refractivity contribution is 0.0250. The first kappa shape index (κ1) is 15.5. The average Bonchev–Trinajstić information content (AvgIpc) is 3.03. The van der Waals surface area contributed by atoms with Crippen molar-refractivity contribution >= 4 is 10.0 Å². The van der Waals surface area contributed by atoms with Crippen molar-refractivity contribution in [3.8, 4) is 0 Å². The van der Waals surface area contributed by atoms with Crippen LogP contribution in [-0.2, 0) is 27.8 Å². The summed E-state index contributed by atoms with van der Waals surface area (Å²) >= 11 is 0. The van der Waals surface area contributed by atoms with Crippen LogP contribution in [0.2, 0.25) is 0 Å². The molecule has 0 amide bonds. The van der Waals surface area contributed by atoms with E-state index < -0.39 is 15.6 Å². The van der Waals surface area contributed by atoms with Crippen LogP contribution in [0.4, 0.5) is 0 Å². The van der Waals surface area contributed by atoms with E-state index in [9.17, 15) is 8.42 Å². The summed E-state index contributed by atoms with van der Waals surface area (Å²) in [6.45, 7) is 5.90. The van der Waals surface area contributed by atoms with Crippen LogP contribution in [-0.4, -0.2) is 31.7 Å². The molecule has 3 N–H and O–H groups in total. The van der Waals surface area contributed by atoms with Crippen molar-refractivity contribution in [2.45, 2.75) is 50.3 Å². The number of hydrogen-bond acceptors (Lipinski definition) is 4. The van der Waals surface area contributed by atoms with Crippen LogP contribution >= 0.6 is 0 Å². The van der Waals surface area contributed by atoms with Gasteiger partial charge in [-0.3, -0.25) is 0 Å². The Morgan fingerprint density at radius 1 is 1.55 bits per heavy atom. The van der Waals surface area contributed by atoms with Crippen molar-refractivity contribution < 1.29 is 13.2 Å². The van der Waals surface area contributed by atoms with Crippen LogP contribution in [0, 0.1) is 0 Å². The third-order valence-electron chi connectivity index (χ3n) is 3.76. The third-order valence-corrected chi connectivity index (χ3v) is 5.13. The Balaban J connectivity index is 2.11. The number of nitrogens with two attached hydrogens (primary N) is 1. The van der Waals surface area contributed by atoms with Crippen LogP contribution in [0.3, 0.4) is 0 Å². The second-order valence-corrected chi connectivity index (χ2v) is 7.15. The SMILES string of the molecule is CCn1cc(S(=O)(=O)NCC2(C)CCCO2)cc1CN. The van der Waals surface area contributed by atoms with Crippen molar-refractivity contribution in [3.63, 3.8) is 0 Å². The van der Waals surface area contributed by atoms with E-state index >= 15 is 0 Å². The monoisotopic (exact) mass is 301 g/mol. The zero-order valence-corrected chi connectivity index (χ0v) is 12.9. The molecular weight excluding hydrogens is 278 g/mol. The van der Waals surface area contributed by atoms with E-state index in [-0.39, 0.29) is 4.90 Å². The Morgan fingerprint density at radius 2 is 2.30 bits per heavy atom.